The number of aryl methyl sites for hydroxylation is 1. The van der Waals surface area contributed by atoms with Gasteiger partial charge in [-0.15, -0.1) is 0 Å². The molecule has 1 heterocycles. The molecule has 1 rings (SSSR count). The smallest absolute Gasteiger partial charge is 0.0717 e. The quantitative estimate of drug-likeness (QED) is 0.662. The van der Waals surface area contributed by atoms with E-state index in [-0.39, 0.29) is 6.61 Å². The van der Waals surface area contributed by atoms with Gasteiger partial charge in [0.25, 0.3) is 0 Å². The van der Waals surface area contributed by atoms with Crippen molar-refractivity contribution in [2.45, 2.75) is 13.5 Å². The highest BCUT2D eigenvalue weighted by atomic mass is 16.3. The topological polar surface area (TPSA) is 45.2 Å². The lowest BCUT2D eigenvalue weighted by atomic mass is 10.2. The Balaban J connectivity index is 3.06. The van der Waals surface area contributed by atoms with Gasteiger partial charge in [0.15, 0.2) is 0 Å². The molecule has 0 unspecified atom stereocenters. The van der Waals surface area contributed by atoms with Gasteiger partial charge in [-0.05, 0) is 13.0 Å². The molecular formula is C8H12N2O. The lowest BCUT2D eigenvalue weighted by molar-refractivity contribution is 0.282. The number of nitrogens with zero attached hydrogens (tertiary/aromatic N) is 1. The van der Waals surface area contributed by atoms with Gasteiger partial charge in [-0.1, -0.05) is 0 Å². The first-order chi connectivity index (χ1) is 5.27. The third-order valence-electron chi connectivity index (χ3n) is 1.56. The highest BCUT2D eigenvalue weighted by Crippen LogP contribution is 2.13. The molecule has 2 N–H and O–H groups in total. The third-order valence-corrected chi connectivity index (χ3v) is 1.56. The first-order valence-corrected chi connectivity index (χ1v) is 3.52. The zero-order valence-electron chi connectivity index (χ0n) is 6.76. The number of rotatable bonds is 2. The maximum absolute atomic E-state index is 8.86. The van der Waals surface area contributed by atoms with Crippen molar-refractivity contribution in [3.8, 4) is 0 Å². The first-order valence-electron chi connectivity index (χ1n) is 3.52. The van der Waals surface area contributed by atoms with Gasteiger partial charge < -0.3 is 10.4 Å². The summed E-state index contributed by atoms with van der Waals surface area (Å²) < 4.78 is 0. The van der Waals surface area contributed by atoms with Crippen LogP contribution in [0, 0.1) is 6.92 Å². The summed E-state index contributed by atoms with van der Waals surface area (Å²) in [6, 6.07) is 1.91. The average Bonchev–Trinajstić information content (AvgIpc) is 2.04. The Morgan fingerprint density at radius 1 is 1.64 bits per heavy atom. The predicted octanol–water partition coefficient (Wildman–Crippen LogP) is 0.924. The minimum Gasteiger partial charge on any atom is -0.392 e. The van der Waals surface area contributed by atoms with Gasteiger partial charge in [0.05, 0.1) is 6.61 Å². The summed E-state index contributed by atoms with van der Waals surface area (Å²) in [6.45, 7) is 1.95. The standard InChI is InChI=1S/C8H12N2O/c1-6-3-8(9-2)7(5-11)4-10-6/h3-4,11H,5H2,1-2H3,(H,9,10). The maximum Gasteiger partial charge on any atom is 0.0717 e. The summed E-state index contributed by atoms with van der Waals surface area (Å²) in [6.07, 6.45) is 1.68. The molecule has 0 aliphatic heterocycles. The summed E-state index contributed by atoms with van der Waals surface area (Å²) in [4.78, 5) is 4.06. The molecule has 60 valence electrons. The van der Waals surface area contributed by atoms with Crippen molar-refractivity contribution >= 4 is 5.69 Å². The molecule has 0 fully saturated rings. The molecule has 1 aromatic rings. The van der Waals surface area contributed by atoms with Crippen LogP contribution in [0.5, 0.6) is 0 Å². The van der Waals surface area contributed by atoms with Crippen LogP contribution in [0.2, 0.25) is 0 Å². The molecule has 0 aromatic carbocycles. The Bertz CT molecular complexity index is 248. The lowest BCUT2D eigenvalue weighted by Crippen LogP contribution is -1.97. The van der Waals surface area contributed by atoms with Gasteiger partial charge in [0.2, 0.25) is 0 Å². The number of hydrogen-bond donors (Lipinski definition) is 2. The molecule has 0 radical (unpaired) electrons. The molecule has 0 saturated carbocycles. The normalized spacial score (nSPS) is 9.73. The van der Waals surface area contributed by atoms with Crippen molar-refractivity contribution < 1.29 is 5.11 Å². The fraction of sp³-hybridized carbons (Fsp3) is 0.375. The second kappa shape index (κ2) is 3.34. The van der Waals surface area contributed by atoms with Crippen LogP contribution in [0.15, 0.2) is 12.3 Å². The zero-order valence-corrected chi connectivity index (χ0v) is 6.76. The highest BCUT2D eigenvalue weighted by Gasteiger charge is 1.98. The van der Waals surface area contributed by atoms with E-state index in [2.05, 4.69) is 10.3 Å². The van der Waals surface area contributed by atoms with Crippen molar-refractivity contribution in [3.05, 3.63) is 23.5 Å². The molecule has 3 heteroatoms. The second-order valence-electron chi connectivity index (χ2n) is 2.39. The summed E-state index contributed by atoms with van der Waals surface area (Å²) in [7, 11) is 1.83. The predicted molar refractivity (Wildman–Crippen MR) is 44.4 cm³/mol. The number of aliphatic hydroxyl groups is 1. The molecule has 0 amide bonds. The molecule has 0 spiro atoms. The Hall–Kier alpha value is -1.09. The van der Waals surface area contributed by atoms with Crippen LogP contribution >= 0.6 is 0 Å². The van der Waals surface area contributed by atoms with Crippen LogP contribution in [0.4, 0.5) is 5.69 Å². The Labute approximate surface area is 66.1 Å². The molecule has 0 aliphatic rings. The minimum absolute atomic E-state index is 0.0312. The van der Waals surface area contributed by atoms with Crippen molar-refractivity contribution in [1.29, 1.82) is 0 Å². The third kappa shape index (κ3) is 1.68. The number of anilines is 1. The molecule has 0 atom stereocenters. The summed E-state index contributed by atoms with van der Waals surface area (Å²) in [5.74, 6) is 0. The van der Waals surface area contributed by atoms with Gasteiger partial charge in [0, 0.05) is 30.2 Å². The number of hydrogen-bond acceptors (Lipinski definition) is 3. The van der Waals surface area contributed by atoms with E-state index in [0.717, 1.165) is 16.9 Å². The SMILES string of the molecule is CNc1cc(C)ncc1CO. The van der Waals surface area contributed by atoms with Gasteiger partial charge in [-0.3, -0.25) is 4.98 Å². The highest BCUT2D eigenvalue weighted by molar-refractivity contribution is 5.49. The molecular weight excluding hydrogens is 140 g/mol. The summed E-state index contributed by atoms with van der Waals surface area (Å²) >= 11 is 0. The molecule has 1 aromatic heterocycles. The fourth-order valence-electron chi connectivity index (χ4n) is 0.947. The average molecular weight is 152 g/mol. The fourth-order valence-corrected chi connectivity index (χ4v) is 0.947. The number of nitrogens with one attached hydrogen (secondary N) is 1. The molecule has 0 bridgehead atoms. The lowest BCUT2D eigenvalue weighted by Gasteiger charge is -2.05. The van der Waals surface area contributed by atoms with Gasteiger partial charge in [0.1, 0.15) is 0 Å². The van der Waals surface area contributed by atoms with Crippen LogP contribution in [0.1, 0.15) is 11.3 Å². The monoisotopic (exact) mass is 152 g/mol. The summed E-state index contributed by atoms with van der Waals surface area (Å²) in [5, 5.41) is 11.8. The van der Waals surface area contributed by atoms with E-state index < -0.39 is 0 Å². The molecule has 11 heavy (non-hydrogen) atoms. The number of aliphatic hydroxyl groups excluding tert-OH is 1. The zero-order chi connectivity index (χ0) is 8.27. The van der Waals surface area contributed by atoms with Crippen LogP contribution in [-0.4, -0.2) is 17.1 Å². The van der Waals surface area contributed by atoms with E-state index in [9.17, 15) is 0 Å². The van der Waals surface area contributed by atoms with Crippen LogP contribution in [0.25, 0.3) is 0 Å². The van der Waals surface area contributed by atoms with Gasteiger partial charge in [-0.2, -0.15) is 0 Å². The molecule has 0 saturated heterocycles. The van der Waals surface area contributed by atoms with Crippen LogP contribution < -0.4 is 5.32 Å². The minimum atomic E-state index is 0.0312. The van der Waals surface area contributed by atoms with Crippen molar-refractivity contribution in [2.24, 2.45) is 0 Å². The van der Waals surface area contributed by atoms with E-state index >= 15 is 0 Å². The van der Waals surface area contributed by atoms with E-state index in [1.807, 2.05) is 20.0 Å². The molecule has 0 aliphatic carbocycles. The van der Waals surface area contributed by atoms with Crippen molar-refractivity contribution in [1.82, 2.24) is 4.98 Å². The number of pyridine rings is 1. The van der Waals surface area contributed by atoms with E-state index in [4.69, 9.17) is 5.11 Å². The Kier molecular flexibility index (Phi) is 2.44. The van der Waals surface area contributed by atoms with Crippen molar-refractivity contribution in [2.75, 3.05) is 12.4 Å². The van der Waals surface area contributed by atoms with Crippen LogP contribution in [-0.2, 0) is 6.61 Å². The Morgan fingerprint density at radius 3 is 2.91 bits per heavy atom. The van der Waals surface area contributed by atoms with Crippen molar-refractivity contribution in [3.63, 3.8) is 0 Å². The van der Waals surface area contributed by atoms with Gasteiger partial charge >= 0.3 is 0 Å². The van der Waals surface area contributed by atoms with E-state index in [0.29, 0.717) is 0 Å². The first kappa shape index (κ1) is 8.01. The second-order valence-corrected chi connectivity index (χ2v) is 2.39. The van der Waals surface area contributed by atoms with E-state index in [1.165, 1.54) is 0 Å². The number of aromatic nitrogens is 1. The van der Waals surface area contributed by atoms with E-state index in [1.54, 1.807) is 6.20 Å². The summed E-state index contributed by atoms with van der Waals surface area (Å²) in [5.41, 5.74) is 2.73. The molecule has 3 nitrogen and oxygen atoms in total. The largest absolute Gasteiger partial charge is 0.392 e. The Morgan fingerprint density at radius 2 is 2.36 bits per heavy atom. The van der Waals surface area contributed by atoms with Crippen LogP contribution in [0.3, 0.4) is 0 Å². The van der Waals surface area contributed by atoms with Gasteiger partial charge in [-0.25, -0.2) is 0 Å². The maximum atomic E-state index is 8.86.